The minimum atomic E-state index is -1.04. The molecular formula is C11H22N2O3. The van der Waals surface area contributed by atoms with Gasteiger partial charge in [-0.3, -0.25) is 14.9 Å². The molecule has 0 aliphatic carbocycles. The topological polar surface area (TPSA) is 78.4 Å². The van der Waals surface area contributed by atoms with E-state index in [2.05, 4.69) is 10.6 Å². The Bertz CT molecular complexity index is 256. The summed E-state index contributed by atoms with van der Waals surface area (Å²) in [4.78, 5) is 22.6. The molecule has 0 aliphatic heterocycles. The maximum Gasteiger partial charge on any atom is 0.323 e. The van der Waals surface area contributed by atoms with Gasteiger partial charge in [-0.2, -0.15) is 0 Å². The molecule has 0 saturated carbocycles. The smallest absolute Gasteiger partial charge is 0.323 e. The van der Waals surface area contributed by atoms with Crippen LogP contribution in [0.25, 0.3) is 0 Å². The number of carbonyl (C=O) groups excluding carboxylic acids is 1. The molecule has 0 rings (SSSR count). The zero-order valence-corrected chi connectivity index (χ0v) is 10.5. The van der Waals surface area contributed by atoms with Gasteiger partial charge < -0.3 is 10.4 Å². The molecule has 1 amide bonds. The van der Waals surface area contributed by atoms with E-state index in [-0.39, 0.29) is 5.91 Å². The van der Waals surface area contributed by atoms with Gasteiger partial charge in [-0.25, -0.2) is 0 Å². The molecule has 0 aliphatic rings. The maximum atomic E-state index is 11.5. The van der Waals surface area contributed by atoms with E-state index >= 15 is 0 Å². The molecule has 0 aromatic carbocycles. The summed E-state index contributed by atoms with van der Waals surface area (Å²) in [5.74, 6) is -1.10. The van der Waals surface area contributed by atoms with Gasteiger partial charge in [0.1, 0.15) is 5.54 Å². The lowest BCUT2D eigenvalue weighted by Crippen LogP contribution is -2.57. The Hall–Kier alpha value is -1.10. The van der Waals surface area contributed by atoms with E-state index in [1.807, 2.05) is 13.8 Å². The van der Waals surface area contributed by atoms with Crippen molar-refractivity contribution in [3.8, 4) is 0 Å². The molecule has 5 nitrogen and oxygen atoms in total. The van der Waals surface area contributed by atoms with Crippen LogP contribution >= 0.6 is 0 Å². The van der Waals surface area contributed by atoms with Crippen molar-refractivity contribution in [3.63, 3.8) is 0 Å². The van der Waals surface area contributed by atoms with Crippen LogP contribution in [0.1, 0.15) is 40.5 Å². The average Bonchev–Trinajstić information content (AvgIpc) is 2.18. The van der Waals surface area contributed by atoms with Gasteiger partial charge in [0, 0.05) is 6.54 Å². The highest BCUT2D eigenvalue weighted by molar-refractivity contribution is 5.84. The summed E-state index contributed by atoms with van der Waals surface area (Å²) in [6.07, 6.45) is 1.24. The van der Waals surface area contributed by atoms with Crippen LogP contribution in [0, 0.1) is 0 Å². The van der Waals surface area contributed by atoms with Crippen molar-refractivity contribution in [1.82, 2.24) is 10.6 Å². The number of aliphatic carboxylic acids is 1. The molecule has 0 heterocycles. The fourth-order valence-electron chi connectivity index (χ4n) is 1.61. The highest BCUT2D eigenvalue weighted by Crippen LogP contribution is 2.13. The first kappa shape index (κ1) is 14.9. The monoisotopic (exact) mass is 230 g/mol. The fraction of sp³-hybridized carbons (Fsp3) is 0.818. The number of amides is 1. The molecule has 0 aromatic rings. The second-order valence-corrected chi connectivity index (χ2v) is 4.15. The van der Waals surface area contributed by atoms with E-state index in [1.165, 1.54) is 0 Å². The molecule has 0 spiro atoms. The number of hydrogen-bond acceptors (Lipinski definition) is 3. The number of carboxylic acids is 1. The first-order valence-corrected chi connectivity index (χ1v) is 5.66. The van der Waals surface area contributed by atoms with Crippen LogP contribution < -0.4 is 10.6 Å². The summed E-state index contributed by atoms with van der Waals surface area (Å²) < 4.78 is 0. The van der Waals surface area contributed by atoms with Gasteiger partial charge in [-0.15, -0.1) is 0 Å². The average molecular weight is 230 g/mol. The van der Waals surface area contributed by atoms with Crippen LogP contribution in [0.4, 0.5) is 0 Å². The Morgan fingerprint density at radius 1 is 1.38 bits per heavy atom. The first-order valence-electron chi connectivity index (χ1n) is 5.66. The molecule has 2 atom stereocenters. The van der Waals surface area contributed by atoms with E-state index in [1.54, 1.807) is 13.8 Å². The van der Waals surface area contributed by atoms with E-state index in [0.29, 0.717) is 13.0 Å². The van der Waals surface area contributed by atoms with E-state index in [0.717, 1.165) is 6.42 Å². The summed E-state index contributed by atoms with van der Waals surface area (Å²) in [7, 11) is 0. The zero-order chi connectivity index (χ0) is 12.8. The largest absolute Gasteiger partial charge is 0.480 e. The third-order valence-corrected chi connectivity index (χ3v) is 2.50. The standard InChI is InChI=1S/C11H22N2O3/c1-5-7-11(4,10(15)16)13-8(3)9(14)12-6-2/h8,13H,5-7H2,1-4H3,(H,12,14)(H,15,16). The molecule has 0 fully saturated rings. The molecule has 94 valence electrons. The third kappa shape index (κ3) is 4.18. The first-order chi connectivity index (χ1) is 7.37. The van der Waals surface area contributed by atoms with E-state index < -0.39 is 17.6 Å². The van der Waals surface area contributed by atoms with Crippen LogP contribution in [0.2, 0.25) is 0 Å². The van der Waals surface area contributed by atoms with E-state index in [9.17, 15) is 9.59 Å². The van der Waals surface area contributed by atoms with Crippen LogP contribution in [0.5, 0.6) is 0 Å². The predicted octanol–water partition coefficient (Wildman–Crippen LogP) is 0.744. The van der Waals surface area contributed by atoms with Crippen molar-refractivity contribution in [1.29, 1.82) is 0 Å². The number of likely N-dealkylation sites (N-methyl/N-ethyl adjacent to an activating group) is 1. The van der Waals surface area contributed by atoms with Crippen molar-refractivity contribution < 1.29 is 14.7 Å². The molecule has 2 unspecified atom stereocenters. The highest BCUT2D eigenvalue weighted by atomic mass is 16.4. The number of rotatable bonds is 7. The fourth-order valence-corrected chi connectivity index (χ4v) is 1.61. The summed E-state index contributed by atoms with van der Waals surface area (Å²) in [5.41, 5.74) is -1.04. The molecule has 0 aromatic heterocycles. The van der Waals surface area contributed by atoms with E-state index in [4.69, 9.17) is 5.11 Å². The summed E-state index contributed by atoms with van der Waals surface area (Å²) >= 11 is 0. The van der Waals surface area contributed by atoms with Gasteiger partial charge in [-0.05, 0) is 27.2 Å². The number of carbonyl (C=O) groups is 2. The number of nitrogens with one attached hydrogen (secondary N) is 2. The Morgan fingerprint density at radius 2 is 1.94 bits per heavy atom. The lowest BCUT2D eigenvalue weighted by molar-refractivity contribution is -0.145. The Morgan fingerprint density at radius 3 is 2.31 bits per heavy atom. The molecule has 5 heteroatoms. The molecule has 16 heavy (non-hydrogen) atoms. The summed E-state index contributed by atoms with van der Waals surface area (Å²) in [6.45, 7) is 7.56. The van der Waals surface area contributed by atoms with Crippen LogP contribution in [0.15, 0.2) is 0 Å². The van der Waals surface area contributed by atoms with Gasteiger partial charge in [0.15, 0.2) is 0 Å². The quantitative estimate of drug-likeness (QED) is 0.603. The predicted molar refractivity (Wildman–Crippen MR) is 62.2 cm³/mol. The van der Waals surface area contributed by atoms with Gasteiger partial charge in [0.05, 0.1) is 6.04 Å². The summed E-state index contributed by atoms with van der Waals surface area (Å²) in [5, 5.41) is 14.7. The van der Waals surface area contributed by atoms with Crippen molar-refractivity contribution >= 4 is 11.9 Å². The normalized spacial score (nSPS) is 16.2. The molecule has 0 bridgehead atoms. The van der Waals surface area contributed by atoms with Crippen molar-refractivity contribution in [2.45, 2.75) is 52.1 Å². The second kappa shape index (κ2) is 6.48. The maximum absolute atomic E-state index is 11.5. The lowest BCUT2D eigenvalue weighted by atomic mass is 9.95. The Kier molecular flexibility index (Phi) is 6.03. The second-order valence-electron chi connectivity index (χ2n) is 4.15. The van der Waals surface area contributed by atoms with Crippen LogP contribution in [-0.2, 0) is 9.59 Å². The molecule has 3 N–H and O–H groups in total. The SMILES string of the molecule is CCCC(C)(NC(C)C(=O)NCC)C(=O)O. The van der Waals surface area contributed by atoms with Crippen molar-refractivity contribution in [2.75, 3.05) is 6.54 Å². The van der Waals surface area contributed by atoms with Crippen molar-refractivity contribution in [2.24, 2.45) is 0 Å². The van der Waals surface area contributed by atoms with Crippen molar-refractivity contribution in [3.05, 3.63) is 0 Å². The van der Waals surface area contributed by atoms with Gasteiger partial charge >= 0.3 is 5.97 Å². The molecule has 0 radical (unpaired) electrons. The third-order valence-electron chi connectivity index (χ3n) is 2.50. The van der Waals surface area contributed by atoms with Crippen LogP contribution in [-0.4, -0.2) is 35.1 Å². The zero-order valence-electron chi connectivity index (χ0n) is 10.5. The molecule has 0 saturated heterocycles. The Labute approximate surface area is 96.6 Å². The number of carboxylic acid groups (broad SMARTS) is 1. The lowest BCUT2D eigenvalue weighted by Gasteiger charge is -2.29. The van der Waals surface area contributed by atoms with Gasteiger partial charge in [0.25, 0.3) is 0 Å². The highest BCUT2D eigenvalue weighted by Gasteiger charge is 2.34. The van der Waals surface area contributed by atoms with Gasteiger partial charge in [0.2, 0.25) is 5.91 Å². The Balaban J connectivity index is 4.51. The number of hydrogen-bond donors (Lipinski definition) is 3. The minimum Gasteiger partial charge on any atom is -0.480 e. The minimum absolute atomic E-state index is 0.175. The molecular weight excluding hydrogens is 208 g/mol. The van der Waals surface area contributed by atoms with Gasteiger partial charge in [-0.1, -0.05) is 13.3 Å². The summed E-state index contributed by atoms with van der Waals surface area (Å²) in [6, 6.07) is -0.507. The van der Waals surface area contributed by atoms with Crippen LogP contribution in [0.3, 0.4) is 0 Å².